The van der Waals surface area contributed by atoms with Crippen molar-refractivity contribution in [1.29, 1.82) is 0 Å². The minimum absolute atomic E-state index is 0.00376. The maximum Gasteiger partial charge on any atom is 0.235 e. The van der Waals surface area contributed by atoms with E-state index in [9.17, 15) is 34.2 Å². The lowest BCUT2D eigenvalue weighted by atomic mass is 9.52. The number of Topliss-reactive ketones (excluding diaryl/α,β-unsaturated/α-hetero) is 4. The van der Waals surface area contributed by atoms with E-state index < -0.39 is 75.9 Å². The third kappa shape index (κ3) is 4.12. The van der Waals surface area contributed by atoms with Crippen LogP contribution in [-0.4, -0.2) is 87.9 Å². The number of hydrogen-bond acceptors (Lipinski definition) is 9. The van der Waals surface area contributed by atoms with Crippen LogP contribution in [0.4, 0.5) is 4.39 Å². The SMILES string of the molecule is CCN(Cc1cc(O)c2c(c1F)C[C@H]1C[C@H]3[C@H](N(C)C)C(=O)C(C(N)=O)C(=O)[C@@]3(O)C(=O)C1C2=O)CC1CCC1. The summed E-state index contributed by atoms with van der Waals surface area (Å²) in [5.41, 5.74) is 2.46. The van der Waals surface area contributed by atoms with E-state index in [1.165, 1.54) is 31.5 Å². The third-order valence-electron chi connectivity index (χ3n) is 9.65. The first-order chi connectivity index (χ1) is 18.8. The van der Waals surface area contributed by atoms with Gasteiger partial charge in [0, 0.05) is 30.1 Å². The Hall–Kier alpha value is -3.02. The maximum atomic E-state index is 16.0. The zero-order valence-electron chi connectivity index (χ0n) is 23.0. The van der Waals surface area contributed by atoms with Crippen molar-refractivity contribution in [3.8, 4) is 5.75 Å². The van der Waals surface area contributed by atoms with Crippen LogP contribution in [0.25, 0.3) is 0 Å². The molecule has 0 saturated heterocycles. The largest absolute Gasteiger partial charge is 0.507 e. The molecule has 2 unspecified atom stereocenters. The predicted octanol–water partition coefficient (Wildman–Crippen LogP) is 0.628. The molecule has 1 amide bonds. The Kier molecular flexibility index (Phi) is 7.21. The van der Waals surface area contributed by atoms with Gasteiger partial charge < -0.3 is 15.9 Å². The van der Waals surface area contributed by atoms with E-state index in [2.05, 4.69) is 4.90 Å². The second-order valence-electron chi connectivity index (χ2n) is 12.1. The van der Waals surface area contributed by atoms with E-state index in [1.54, 1.807) is 0 Å². The number of aliphatic hydroxyl groups is 1. The van der Waals surface area contributed by atoms with E-state index in [1.807, 2.05) is 6.92 Å². The summed E-state index contributed by atoms with van der Waals surface area (Å²) in [6, 6.07) is 0.0202. The van der Waals surface area contributed by atoms with Gasteiger partial charge in [-0.3, -0.25) is 33.8 Å². The van der Waals surface area contributed by atoms with Crippen LogP contribution in [0.5, 0.6) is 5.75 Å². The monoisotopic (exact) mass is 557 g/mol. The Morgan fingerprint density at radius 1 is 1.18 bits per heavy atom. The van der Waals surface area contributed by atoms with Gasteiger partial charge in [0.15, 0.2) is 34.7 Å². The third-order valence-corrected chi connectivity index (χ3v) is 9.65. The first kappa shape index (κ1) is 28.5. The van der Waals surface area contributed by atoms with Crippen molar-refractivity contribution >= 4 is 29.0 Å². The fraction of sp³-hybridized carbons (Fsp3) is 0.621. The van der Waals surface area contributed by atoms with Crippen LogP contribution in [0.1, 0.15) is 54.1 Å². The van der Waals surface area contributed by atoms with E-state index >= 15 is 4.39 Å². The van der Waals surface area contributed by atoms with E-state index in [4.69, 9.17) is 5.73 Å². The molecule has 3 fully saturated rings. The highest BCUT2D eigenvalue weighted by atomic mass is 19.1. The molecule has 1 aromatic carbocycles. The zero-order chi connectivity index (χ0) is 29.3. The summed E-state index contributed by atoms with van der Waals surface area (Å²) in [7, 11) is 3.03. The fourth-order valence-corrected chi connectivity index (χ4v) is 7.41. The number of ketones is 4. The van der Waals surface area contributed by atoms with Gasteiger partial charge >= 0.3 is 0 Å². The summed E-state index contributed by atoms with van der Waals surface area (Å²) in [6.07, 6.45) is 3.25. The number of phenols is 1. The summed E-state index contributed by atoms with van der Waals surface area (Å²) in [5.74, 6) is -11.6. The number of carbonyl (C=O) groups is 5. The Labute approximate surface area is 231 Å². The molecule has 4 aliphatic rings. The molecule has 40 heavy (non-hydrogen) atoms. The quantitative estimate of drug-likeness (QED) is 0.409. The van der Waals surface area contributed by atoms with Gasteiger partial charge in [-0.15, -0.1) is 0 Å². The van der Waals surface area contributed by atoms with Crippen molar-refractivity contribution in [1.82, 2.24) is 9.80 Å². The average Bonchev–Trinajstić information content (AvgIpc) is 2.85. The lowest BCUT2D eigenvalue weighted by molar-refractivity contribution is -0.181. The molecule has 0 aliphatic heterocycles. The molecule has 0 radical (unpaired) electrons. The lowest BCUT2D eigenvalue weighted by Gasteiger charge is -2.52. The Bertz CT molecular complexity index is 1310. The van der Waals surface area contributed by atoms with Crippen LogP contribution in [0.15, 0.2) is 6.07 Å². The van der Waals surface area contributed by atoms with Crippen molar-refractivity contribution in [3.05, 3.63) is 28.6 Å². The zero-order valence-corrected chi connectivity index (χ0v) is 23.0. The molecule has 5 rings (SSSR count). The van der Waals surface area contributed by atoms with E-state index in [0.29, 0.717) is 12.5 Å². The van der Waals surface area contributed by atoms with E-state index in [0.717, 1.165) is 19.4 Å². The summed E-state index contributed by atoms with van der Waals surface area (Å²) in [5, 5.41) is 22.5. The summed E-state index contributed by atoms with van der Waals surface area (Å²) in [4.78, 5) is 69.6. The smallest absolute Gasteiger partial charge is 0.235 e. The summed E-state index contributed by atoms with van der Waals surface area (Å²) >= 11 is 0. The molecule has 1 aromatic rings. The summed E-state index contributed by atoms with van der Waals surface area (Å²) < 4.78 is 16.0. The first-order valence-electron chi connectivity index (χ1n) is 13.9. The van der Waals surface area contributed by atoms with Gasteiger partial charge in [-0.25, -0.2) is 4.39 Å². The molecule has 0 bridgehead atoms. The Morgan fingerprint density at radius 2 is 1.85 bits per heavy atom. The molecule has 4 aliphatic carbocycles. The van der Waals surface area contributed by atoms with Gasteiger partial charge in [0.1, 0.15) is 11.6 Å². The number of primary amides is 1. The second-order valence-corrected chi connectivity index (χ2v) is 12.1. The minimum Gasteiger partial charge on any atom is -0.507 e. The van der Waals surface area contributed by atoms with Crippen molar-refractivity contribution in [2.75, 3.05) is 27.2 Å². The van der Waals surface area contributed by atoms with E-state index in [-0.39, 0.29) is 36.1 Å². The number of aromatic hydroxyl groups is 1. The number of fused-ring (bicyclic) bond motifs is 3. The highest BCUT2D eigenvalue weighted by Crippen LogP contribution is 2.51. The van der Waals surface area contributed by atoms with Crippen molar-refractivity contribution in [2.45, 2.75) is 57.2 Å². The molecule has 216 valence electrons. The lowest BCUT2D eigenvalue weighted by Crippen LogP contribution is -2.74. The first-order valence-corrected chi connectivity index (χ1v) is 13.9. The summed E-state index contributed by atoms with van der Waals surface area (Å²) in [6.45, 7) is 3.73. The number of rotatable bonds is 7. The molecule has 4 N–H and O–H groups in total. The van der Waals surface area contributed by atoms with Crippen LogP contribution in [0.2, 0.25) is 0 Å². The topological polar surface area (TPSA) is 158 Å². The Morgan fingerprint density at radius 3 is 2.40 bits per heavy atom. The van der Waals surface area contributed by atoms with Gasteiger partial charge in [-0.1, -0.05) is 13.3 Å². The fourth-order valence-electron chi connectivity index (χ4n) is 7.41. The molecule has 10 nitrogen and oxygen atoms in total. The molecule has 0 aromatic heterocycles. The van der Waals surface area contributed by atoms with Crippen molar-refractivity contribution in [2.24, 2.45) is 35.3 Å². The van der Waals surface area contributed by atoms with Crippen LogP contribution < -0.4 is 5.73 Å². The number of halogens is 1. The number of carbonyl (C=O) groups excluding carboxylic acids is 5. The van der Waals surface area contributed by atoms with Gasteiger partial charge in [0.05, 0.1) is 17.5 Å². The number of benzene rings is 1. The van der Waals surface area contributed by atoms with Crippen LogP contribution >= 0.6 is 0 Å². The van der Waals surface area contributed by atoms with Crippen molar-refractivity contribution in [3.63, 3.8) is 0 Å². The van der Waals surface area contributed by atoms with Gasteiger partial charge in [-0.2, -0.15) is 0 Å². The number of nitrogens with zero attached hydrogens (tertiary/aromatic N) is 2. The number of amides is 1. The van der Waals surface area contributed by atoms with Crippen LogP contribution in [-0.2, 0) is 32.1 Å². The molecule has 3 saturated carbocycles. The standard InChI is InChI=1S/C29H36FN3O7/c1-4-33(11-13-6-5-7-13)12-15-10-18(34)20-16(22(15)30)8-14-9-17-23(32(2)3)25(36)21(28(31)39)27(38)29(17,40)26(37)19(14)24(20)35/h10,13-14,17,19,21,23,34,40H,4-9,11-12H2,1-3H3,(H2,31,39)/t14-,17-,19?,21?,23-,29-/m0/s1. The Balaban J connectivity index is 1.53. The minimum atomic E-state index is -2.80. The number of likely N-dealkylation sites (N-methyl/N-ethyl adjacent to an activating group) is 1. The number of nitrogens with two attached hydrogens (primary N) is 1. The molecule has 6 atom stereocenters. The molecule has 0 heterocycles. The van der Waals surface area contributed by atoms with Crippen LogP contribution in [0.3, 0.4) is 0 Å². The molecule has 11 heteroatoms. The predicted molar refractivity (Wildman–Crippen MR) is 140 cm³/mol. The normalized spacial score (nSPS) is 32.1. The van der Waals surface area contributed by atoms with Crippen molar-refractivity contribution < 1.29 is 38.6 Å². The molecular weight excluding hydrogens is 521 g/mol. The van der Waals surface area contributed by atoms with Gasteiger partial charge in [0.25, 0.3) is 0 Å². The maximum absolute atomic E-state index is 16.0. The van der Waals surface area contributed by atoms with Gasteiger partial charge in [0.2, 0.25) is 5.91 Å². The highest BCUT2D eigenvalue weighted by molar-refractivity contribution is 6.32. The molecule has 0 spiro atoms. The second kappa shape index (κ2) is 10.1. The number of phenolic OH excluding ortho intramolecular Hbond substituents is 1. The number of hydrogen-bond donors (Lipinski definition) is 3. The molecular formula is C29H36FN3O7. The average molecular weight is 558 g/mol. The van der Waals surface area contributed by atoms with Gasteiger partial charge in [-0.05, 0) is 64.2 Å². The van der Waals surface area contributed by atoms with Crippen LogP contribution in [0, 0.1) is 35.4 Å². The highest BCUT2D eigenvalue weighted by Gasteiger charge is 2.69.